The third-order valence-electron chi connectivity index (χ3n) is 1.90. The van der Waals surface area contributed by atoms with E-state index < -0.39 is 0 Å². The molecular weight excluding hydrogens is 144 g/mol. The lowest BCUT2D eigenvalue weighted by Crippen LogP contribution is -2.18. The Morgan fingerprint density at radius 3 is 2.64 bits per heavy atom. The summed E-state index contributed by atoms with van der Waals surface area (Å²) in [5.41, 5.74) is 0. The molecule has 0 unspecified atom stereocenters. The van der Waals surface area contributed by atoms with Crippen molar-refractivity contribution < 1.29 is 5.21 Å². The van der Waals surface area contributed by atoms with Gasteiger partial charge in [0.25, 0.3) is 0 Å². The molecule has 2 heterocycles. The van der Waals surface area contributed by atoms with E-state index in [-0.39, 0.29) is 0 Å². The molecule has 1 aromatic heterocycles. The second-order valence-corrected chi connectivity index (χ2v) is 2.67. The maximum atomic E-state index is 8.78. The van der Waals surface area contributed by atoms with Crippen molar-refractivity contribution in [3.8, 4) is 0 Å². The van der Waals surface area contributed by atoms with Gasteiger partial charge in [0.15, 0.2) is 5.82 Å². The molecule has 2 rings (SSSR count). The summed E-state index contributed by atoms with van der Waals surface area (Å²) in [6.45, 7) is 2.05. The first-order chi connectivity index (χ1) is 5.36. The number of rotatable bonds is 1. The molecular formula is C6H10N4O. The summed E-state index contributed by atoms with van der Waals surface area (Å²) in [5.74, 6) is 0.769. The fraction of sp³-hybridized carbons (Fsp3) is 0.667. The van der Waals surface area contributed by atoms with Gasteiger partial charge < -0.3 is 10.1 Å². The van der Waals surface area contributed by atoms with Crippen LogP contribution < -0.4 is 4.90 Å². The molecule has 0 aromatic carbocycles. The molecule has 0 atom stereocenters. The largest absolute Gasteiger partial charge is 0.396 e. The van der Waals surface area contributed by atoms with Gasteiger partial charge in [-0.15, -0.1) is 5.10 Å². The molecule has 0 saturated carbocycles. The molecule has 1 N–H and O–H groups in total. The van der Waals surface area contributed by atoms with Gasteiger partial charge in [-0.2, -0.15) is 0 Å². The van der Waals surface area contributed by atoms with Crippen LogP contribution in [-0.4, -0.2) is 33.5 Å². The smallest absolute Gasteiger partial charge is 0.174 e. The third-order valence-corrected chi connectivity index (χ3v) is 1.90. The standard InChI is InChI=1S/C6H10N4O/c11-10-7-5-6(8-10)9-3-1-2-4-9/h5,11H,1-4H2. The van der Waals surface area contributed by atoms with Crippen molar-refractivity contribution in [1.82, 2.24) is 15.2 Å². The Bertz CT molecular complexity index is 240. The molecule has 0 bridgehead atoms. The van der Waals surface area contributed by atoms with E-state index in [1.165, 1.54) is 12.8 Å². The molecule has 1 aromatic rings. The summed E-state index contributed by atoms with van der Waals surface area (Å²) in [6, 6.07) is 0. The van der Waals surface area contributed by atoms with Crippen LogP contribution in [0.15, 0.2) is 6.20 Å². The number of hydrogen-bond acceptors (Lipinski definition) is 4. The zero-order chi connectivity index (χ0) is 7.68. The predicted molar refractivity (Wildman–Crippen MR) is 38.7 cm³/mol. The first kappa shape index (κ1) is 6.45. The number of anilines is 1. The highest BCUT2D eigenvalue weighted by atomic mass is 16.5. The Labute approximate surface area is 64.2 Å². The van der Waals surface area contributed by atoms with E-state index >= 15 is 0 Å². The van der Waals surface area contributed by atoms with Gasteiger partial charge in [0, 0.05) is 13.1 Å². The molecule has 0 radical (unpaired) electrons. The van der Waals surface area contributed by atoms with Gasteiger partial charge in [0.1, 0.15) is 0 Å². The molecule has 0 amide bonds. The lowest BCUT2D eigenvalue weighted by molar-refractivity contribution is 0.111. The number of hydrogen-bond donors (Lipinski definition) is 1. The maximum absolute atomic E-state index is 8.78. The monoisotopic (exact) mass is 154 g/mol. The summed E-state index contributed by atoms with van der Waals surface area (Å²) in [7, 11) is 0. The lowest BCUT2D eigenvalue weighted by Gasteiger charge is -2.11. The SMILES string of the molecule is On1ncc(N2CCCC2)n1. The third kappa shape index (κ3) is 1.13. The van der Waals surface area contributed by atoms with Gasteiger partial charge in [-0.1, -0.05) is 5.10 Å². The van der Waals surface area contributed by atoms with E-state index in [0.29, 0.717) is 4.96 Å². The maximum Gasteiger partial charge on any atom is 0.174 e. The van der Waals surface area contributed by atoms with Crippen LogP contribution in [0, 0.1) is 0 Å². The van der Waals surface area contributed by atoms with Crippen molar-refractivity contribution in [2.45, 2.75) is 12.8 Å². The number of aromatic nitrogens is 3. The predicted octanol–water partition coefficient (Wildman–Crippen LogP) is 0.116. The van der Waals surface area contributed by atoms with Gasteiger partial charge in [-0.3, -0.25) is 0 Å². The van der Waals surface area contributed by atoms with Gasteiger partial charge in [-0.05, 0) is 17.8 Å². The van der Waals surface area contributed by atoms with E-state index in [2.05, 4.69) is 15.1 Å². The Balaban J connectivity index is 2.15. The van der Waals surface area contributed by atoms with E-state index in [0.717, 1.165) is 18.9 Å². The van der Waals surface area contributed by atoms with Gasteiger partial charge in [-0.25, -0.2) is 0 Å². The second-order valence-electron chi connectivity index (χ2n) is 2.67. The molecule has 5 heteroatoms. The highest BCUT2D eigenvalue weighted by Gasteiger charge is 2.14. The minimum absolute atomic E-state index is 0.605. The molecule has 0 spiro atoms. The quantitative estimate of drug-likeness (QED) is 0.583. The Morgan fingerprint density at radius 2 is 2.09 bits per heavy atom. The summed E-state index contributed by atoms with van der Waals surface area (Å²) in [4.78, 5) is 2.72. The van der Waals surface area contributed by atoms with Gasteiger partial charge in [0.2, 0.25) is 0 Å². The van der Waals surface area contributed by atoms with Gasteiger partial charge in [0.05, 0.1) is 6.20 Å². The summed E-state index contributed by atoms with van der Waals surface area (Å²) >= 11 is 0. The van der Waals surface area contributed by atoms with Crippen LogP contribution in [0.2, 0.25) is 0 Å². The minimum atomic E-state index is 0.605. The van der Waals surface area contributed by atoms with Crippen LogP contribution in [-0.2, 0) is 0 Å². The van der Waals surface area contributed by atoms with Crippen LogP contribution in [0.5, 0.6) is 0 Å². The van der Waals surface area contributed by atoms with Crippen LogP contribution in [0.1, 0.15) is 12.8 Å². The van der Waals surface area contributed by atoms with E-state index in [4.69, 9.17) is 5.21 Å². The normalized spacial score (nSPS) is 17.6. The molecule has 60 valence electrons. The molecule has 0 aliphatic carbocycles. The van der Waals surface area contributed by atoms with Crippen molar-refractivity contribution in [3.05, 3.63) is 6.20 Å². The first-order valence-electron chi connectivity index (χ1n) is 3.73. The van der Waals surface area contributed by atoms with E-state index in [9.17, 15) is 0 Å². The highest BCUT2D eigenvalue weighted by molar-refractivity contribution is 5.34. The van der Waals surface area contributed by atoms with Gasteiger partial charge >= 0.3 is 0 Å². The van der Waals surface area contributed by atoms with Crippen molar-refractivity contribution >= 4 is 5.82 Å². The summed E-state index contributed by atoms with van der Waals surface area (Å²) in [5, 5.41) is 16.1. The fourth-order valence-corrected chi connectivity index (χ4v) is 1.34. The Morgan fingerprint density at radius 1 is 1.36 bits per heavy atom. The van der Waals surface area contributed by atoms with Crippen LogP contribution in [0.3, 0.4) is 0 Å². The lowest BCUT2D eigenvalue weighted by atomic mass is 10.4. The molecule has 1 aliphatic rings. The highest BCUT2D eigenvalue weighted by Crippen LogP contribution is 2.15. The Hall–Kier alpha value is -1.26. The van der Waals surface area contributed by atoms with E-state index in [1.54, 1.807) is 6.20 Å². The van der Waals surface area contributed by atoms with Crippen molar-refractivity contribution in [2.24, 2.45) is 0 Å². The number of nitrogens with zero attached hydrogens (tertiary/aromatic N) is 4. The zero-order valence-corrected chi connectivity index (χ0v) is 6.14. The van der Waals surface area contributed by atoms with Crippen LogP contribution >= 0.6 is 0 Å². The minimum Gasteiger partial charge on any atom is -0.396 e. The van der Waals surface area contributed by atoms with E-state index in [1.807, 2.05) is 0 Å². The average molecular weight is 154 g/mol. The summed E-state index contributed by atoms with van der Waals surface area (Å²) < 4.78 is 0. The van der Waals surface area contributed by atoms with Crippen LogP contribution in [0.25, 0.3) is 0 Å². The fourth-order valence-electron chi connectivity index (χ4n) is 1.34. The Kier molecular flexibility index (Phi) is 1.41. The second kappa shape index (κ2) is 2.41. The molecule has 1 fully saturated rings. The average Bonchev–Trinajstić information content (AvgIpc) is 2.55. The topological polar surface area (TPSA) is 54.2 Å². The molecule has 1 saturated heterocycles. The van der Waals surface area contributed by atoms with Crippen molar-refractivity contribution in [3.63, 3.8) is 0 Å². The molecule has 5 nitrogen and oxygen atoms in total. The summed E-state index contributed by atoms with van der Waals surface area (Å²) in [6.07, 6.45) is 3.99. The van der Waals surface area contributed by atoms with Crippen molar-refractivity contribution in [1.29, 1.82) is 0 Å². The van der Waals surface area contributed by atoms with Crippen LogP contribution in [0.4, 0.5) is 5.82 Å². The van der Waals surface area contributed by atoms with Crippen molar-refractivity contribution in [2.75, 3.05) is 18.0 Å². The first-order valence-corrected chi connectivity index (χ1v) is 3.73. The molecule has 1 aliphatic heterocycles. The zero-order valence-electron chi connectivity index (χ0n) is 6.14. The molecule has 11 heavy (non-hydrogen) atoms.